The highest BCUT2D eigenvalue weighted by molar-refractivity contribution is 5.85. The number of fused-ring (bicyclic) bond motifs is 3. The Balaban J connectivity index is 1.67. The first-order chi connectivity index (χ1) is 14.0. The van der Waals surface area contributed by atoms with Crippen LogP contribution in [0.1, 0.15) is 42.4 Å². The molecule has 0 aliphatic heterocycles. The monoisotopic (exact) mass is 395 g/mol. The summed E-state index contributed by atoms with van der Waals surface area (Å²) in [6.07, 6.45) is 5.12. The molecule has 2 aromatic rings. The summed E-state index contributed by atoms with van der Waals surface area (Å²) in [4.78, 5) is 15.7. The van der Waals surface area contributed by atoms with E-state index >= 15 is 0 Å². The van der Waals surface area contributed by atoms with Gasteiger partial charge in [-0.25, -0.2) is 4.79 Å². The molecule has 0 spiro atoms. The van der Waals surface area contributed by atoms with Crippen molar-refractivity contribution in [2.24, 2.45) is 11.1 Å². The minimum Gasteiger partial charge on any atom is -0.508 e. The second-order valence-corrected chi connectivity index (χ2v) is 8.11. The number of aryl methyl sites for hydroxylation is 1. The largest absolute Gasteiger partial charge is 0.508 e. The molecule has 6 heteroatoms. The molecule has 2 atom stereocenters. The summed E-state index contributed by atoms with van der Waals surface area (Å²) in [7, 11) is 0. The summed E-state index contributed by atoms with van der Waals surface area (Å²) in [6, 6.07) is 13.1. The lowest BCUT2D eigenvalue weighted by Crippen LogP contribution is -2.46. The average molecular weight is 395 g/mol. The quantitative estimate of drug-likeness (QED) is 0.669. The van der Waals surface area contributed by atoms with Gasteiger partial charge >= 0.3 is 5.97 Å². The van der Waals surface area contributed by atoms with Crippen molar-refractivity contribution in [2.75, 3.05) is 6.61 Å². The van der Waals surface area contributed by atoms with E-state index < -0.39 is 12.6 Å². The fourth-order valence-corrected chi connectivity index (χ4v) is 5.06. The van der Waals surface area contributed by atoms with Crippen LogP contribution in [0.5, 0.6) is 11.5 Å². The molecular weight excluding hydrogens is 370 g/mol. The van der Waals surface area contributed by atoms with E-state index in [0.29, 0.717) is 11.7 Å². The van der Waals surface area contributed by atoms with Crippen molar-refractivity contribution < 1.29 is 25.0 Å². The molecule has 1 fully saturated rings. The van der Waals surface area contributed by atoms with E-state index in [0.717, 1.165) is 49.8 Å². The van der Waals surface area contributed by atoms with Crippen LogP contribution in [0.25, 0.3) is 0 Å². The highest BCUT2D eigenvalue weighted by Gasteiger charge is 2.47. The van der Waals surface area contributed by atoms with Crippen molar-refractivity contribution in [3.8, 4) is 11.5 Å². The van der Waals surface area contributed by atoms with Crippen LogP contribution in [0.15, 0.2) is 47.6 Å². The van der Waals surface area contributed by atoms with Crippen molar-refractivity contribution in [2.45, 2.75) is 43.9 Å². The van der Waals surface area contributed by atoms with Gasteiger partial charge < -0.3 is 20.2 Å². The second-order valence-electron chi connectivity index (χ2n) is 8.11. The molecule has 2 aromatic carbocycles. The van der Waals surface area contributed by atoms with Crippen molar-refractivity contribution >= 4 is 11.7 Å². The van der Waals surface area contributed by atoms with Crippen LogP contribution >= 0.6 is 0 Å². The van der Waals surface area contributed by atoms with Crippen LogP contribution in [-0.2, 0) is 27.9 Å². The molecule has 2 aliphatic rings. The zero-order valence-electron chi connectivity index (χ0n) is 16.2. The van der Waals surface area contributed by atoms with Gasteiger partial charge in [-0.2, -0.15) is 0 Å². The van der Waals surface area contributed by atoms with Gasteiger partial charge in [-0.15, -0.1) is 0 Å². The number of benzene rings is 2. The number of carboxylic acid groups (broad SMARTS) is 1. The minimum absolute atomic E-state index is 0.0793. The molecular formula is C23H25NO5. The van der Waals surface area contributed by atoms with Gasteiger partial charge in [0.1, 0.15) is 11.5 Å². The zero-order chi connectivity index (χ0) is 20.4. The fraction of sp³-hybridized carbons (Fsp3) is 0.391. The first kappa shape index (κ1) is 19.3. The number of carbonyl (C=O) groups is 1. The third-order valence-electron chi connectivity index (χ3n) is 6.35. The first-order valence-electron chi connectivity index (χ1n) is 9.96. The van der Waals surface area contributed by atoms with E-state index in [2.05, 4.69) is 11.2 Å². The van der Waals surface area contributed by atoms with Gasteiger partial charge in [-0.05, 0) is 85.4 Å². The SMILES string of the molecule is O=C(O)CON=C1CC[C@@]2(Cc3ccc(O)cc3)c3ccc(O)cc3CC[C@@H]2C1. The number of hydrogen-bond acceptors (Lipinski definition) is 5. The van der Waals surface area contributed by atoms with E-state index in [4.69, 9.17) is 9.94 Å². The Kier molecular flexibility index (Phi) is 5.18. The molecule has 0 heterocycles. The summed E-state index contributed by atoms with van der Waals surface area (Å²) >= 11 is 0. The third-order valence-corrected chi connectivity index (χ3v) is 6.35. The highest BCUT2D eigenvalue weighted by atomic mass is 16.6. The number of carboxylic acids is 1. The van der Waals surface area contributed by atoms with E-state index in [9.17, 15) is 15.0 Å². The maximum atomic E-state index is 10.7. The number of phenolic OH excluding ortho intramolecular Hbond substituents is 2. The maximum absolute atomic E-state index is 10.7. The van der Waals surface area contributed by atoms with Gasteiger partial charge in [-0.3, -0.25) is 0 Å². The number of oxime groups is 1. The Morgan fingerprint density at radius 1 is 1.10 bits per heavy atom. The van der Waals surface area contributed by atoms with Crippen LogP contribution in [0.2, 0.25) is 0 Å². The van der Waals surface area contributed by atoms with E-state index in [-0.39, 0.29) is 11.2 Å². The smallest absolute Gasteiger partial charge is 0.344 e. The molecule has 1 saturated carbocycles. The number of nitrogens with zero attached hydrogens (tertiary/aromatic N) is 1. The summed E-state index contributed by atoms with van der Waals surface area (Å²) in [5, 5.41) is 32.5. The van der Waals surface area contributed by atoms with Crippen LogP contribution in [0.3, 0.4) is 0 Å². The molecule has 3 N–H and O–H groups in total. The Labute approximate surface area is 169 Å². The van der Waals surface area contributed by atoms with Crippen molar-refractivity contribution in [1.29, 1.82) is 0 Å². The number of hydrogen-bond donors (Lipinski definition) is 3. The summed E-state index contributed by atoms with van der Waals surface area (Å²) in [5.74, 6) is -0.125. The van der Waals surface area contributed by atoms with Gasteiger partial charge in [0.25, 0.3) is 0 Å². The normalized spacial score (nSPS) is 24.6. The molecule has 0 radical (unpaired) electrons. The molecule has 2 aliphatic carbocycles. The van der Waals surface area contributed by atoms with Crippen LogP contribution in [0, 0.1) is 5.92 Å². The molecule has 4 rings (SSSR count). The second kappa shape index (κ2) is 7.78. The lowest BCUT2D eigenvalue weighted by molar-refractivity contribution is -0.142. The lowest BCUT2D eigenvalue weighted by Gasteiger charge is -2.49. The highest BCUT2D eigenvalue weighted by Crippen LogP contribution is 2.52. The summed E-state index contributed by atoms with van der Waals surface area (Å²) < 4.78 is 0. The summed E-state index contributed by atoms with van der Waals surface area (Å²) in [5.41, 5.74) is 4.48. The maximum Gasteiger partial charge on any atom is 0.344 e. The molecule has 0 bridgehead atoms. The Hall–Kier alpha value is -3.02. The molecule has 6 nitrogen and oxygen atoms in total. The van der Waals surface area contributed by atoms with Gasteiger partial charge in [-0.1, -0.05) is 23.4 Å². The molecule has 29 heavy (non-hydrogen) atoms. The first-order valence-corrected chi connectivity index (χ1v) is 9.96. The standard InChI is InChI=1S/C23H25NO5/c25-19-5-1-15(2-6-19)13-23-10-9-18(24-29-14-22(27)28)12-17(23)4-3-16-11-20(26)7-8-21(16)23/h1-2,5-8,11,17,25-26H,3-4,9-10,12-14H2,(H,27,28)/t17-,23+/m1/s1. The van der Waals surface area contributed by atoms with Crippen LogP contribution in [0.4, 0.5) is 0 Å². The predicted molar refractivity (Wildman–Crippen MR) is 108 cm³/mol. The van der Waals surface area contributed by atoms with E-state index in [1.54, 1.807) is 18.2 Å². The van der Waals surface area contributed by atoms with E-state index in [1.165, 1.54) is 11.1 Å². The van der Waals surface area contributed by atoms with Gasteiger partial charge in [0, 0.05) is 5.41 Å². The van der Waals surface area contributed by atoms with Crippen molar-refractivity contribution in [1.82, 2.24) is 0 Å². The summed E-state index contributed by atoms with van der Waals surface area (Å²) in [6.45, 7) is -0.422. The predicted octanol–water partition coefficient (Wildman–Crippen LogP) is 3.78. The topological polar surface area (TPSA) is 99.4 Å². The molecule has 152 valence electrons. The molecule has 0 amide bonds. The van der Waals surface area contributed by atoms with Crippen LogP contribution in [-0.4, -0.2) is 33.6 Å². The van der Waals surface area contributed by atoms with E-state index in [1.807, 2.05) is 18.2 Å². The Bertz CT molecular complexity index is 937. The Morgan fingerprint density at radius 3 is 2.62 bits per heavy atom. The fourth-order valence-electron chi connectivity index (χ4n) is 5.06. The molecule has 0 unspecified atom stereocenters. The minimum atomic E-state index is -1.03. The van der Waals surface area contributed by atoms with Gasteiger partial charge in [0.2, 0.25) is 6.61 Å². The molecule has 0 saturated heterocycles. The van der Waals surface area contributed by atoms with Crippen LogP contribution < -0.4 is 0 Å². The number of aromatic hydroxyl groups is 2. The number of rotatable bonds is 5. The number of phenols is 2. The number of aliphatic carboxylic acids is 1. The van der Waals surface area contributed by atoms with Crippen molar-refractivity contribution in [3.05, 3.63) is 59.2 Å². The third kappa shape index (κ3) is 3.92. The lowest BCUT2D eigenvalue weighted by atomic mass is 9.55. The van der Waals surface area contributed by atoms with Gasteiger partial charge in [0.05, 0.1) is 5.71 Å². The zero-order valence-corrected chi connectivity index (χ0v) is 16.2. The van der Waals surface area contributed by atoms with Gasteiger partial charge in [0.15, 0.2) is 0 Å². The van der Waals surface area contributed by atoms with Crippen molar-refractivity contribution in [3.63, 3.8) is 0 Å². The average Bonchev–Trinajstić information content (AvgIpc) is 2.69. The molecule has 0 aromatic heterocycles. The Morgan fingerprint density at radius 2 is 1.86 bits per heavy atom.